The van der Waals surface area contributed by atoms with Crippen molar-refractivity contribution in [1.82, 2.24) is 20.2 Å². The summed E-state index contributed by atoms with van der Waals surface area (Å²) in [5, 5.41) is 3.12. The van der Waals surface area contributed by atoms with Crippen molar-refractivity contribution in [3.63, 3.8) is 0 Å². The van der Waals surface area contributed by atoms with Crippen LogP contribution in [0.2, 0.25) is 0 Å². The number of nitrogens with zero attached hydrogens (tertiary/aromatic N) is 4. The first-order valence-electron chi connectivity index (χ1n) is 9.38. The first kappa shape index (κ1) is 17.9. The Morgan fingerprint density at radius 1 is 1.24 bits per heavy atom. The molecule has 1 aromatic rings. The highest BCUT2D eigenvalue weighted by atomic mass is 16.5. The van der Waals surface area contributed by atoms with Crippen LogP contribution in [-0.4, -0.2) is 67.2 Å². The summed E-state index contributed by atoms with van der Waals surface area (Å²) in [6.45, 7) is 5.69. The Morgan fingerprint density at radius 3 is 2.72 bits per heavy atom. The Hall–Kier alpha value is -1.89. The smallest absolute Gasteiger partial charge is 0.228 e. The Morgan fingerprint density at radius 2 is 2.00 bits per heavy atom. The minimum atomic E-state index is 0.100. The number of methoxy groups -OCH3 is 1. The largest absolute Gasteiger partial charge is 0.481 e. The second kappa shape index (κ2) is 8.99. The number of piperidine rings is 2. The number of aromatic nitrogens is 2. The third kappa shape index (κ3) is 5.04. The van der Waals surface area contributed by atoms with E-state index in [-0.39, 0.29) is 11.8 Å². The summed E-state index contributed by atoms with van der Waals surface area (Å²) in [5.74, 6) is 1.55. The average Bonchev–Trinajstić information content (AvgIpc) is 2.69. The molecule has 2 aliphatic heterocycles. The molecule has 1 N–H and O–H groups in total. The van der Waals surface area contributed by atoms with E-state index in [0.717, 1.165) is 39.0 Å². The van der Waals surface area contributed by atoms with Gasteiger partial charge in [0.1, 0.15) is 0 Å². The topological polar surface area (TPSA) is 70.6 Å². The molecular formula is C18H29N5O2. The zero-order valence-corrected chi connectivity index (χ0v) is 15.1. The molecule has 1 amide bonds. The molecule has 3 rings (SSSR count). The molecule has 7 heteroatoms. The Bertz CT molecular complexity index is 554. The zero-order chi connectivity index (χ0) is 17.5. The summed E-state index contributed by atoms with van der Waals surface area (Å²) >= 11 is 0. The summed E-state index contributed by atoms with van der Waals surface area (Å²) in [6.07, 6.45) is 7.32. The predicted octanol–water partition coefficient (Wildman–Crippen LogP) is 1.30. The molecule has 0 aromatic carbocycles. The molecule has 0 saturated carbocycles. The van der Waals surface area contributed by atoms with Gasteiger partial charge in [-0.25, -0.2) is 4.98 Å². The number of amides is 1. The van der Waals surface area contributed by atoms with E-state index in [9.17, 15) is 4.79 Å². The van der Waals surface area contributed by atoms with E-state index in [0.29, 0.717) is 11.8 Å². The van der Waals surface area contributed by atoms with Gasteiger partial charge in [0.05, 0.1) is 7.11 Å². The zero-order valence-electron chi connectivity index (χ0n) is 15.1. The first-order valence-corrected chi connectivity index (χ1v) is 9.38. The number of anilines is 1. The van der Waals surface area contributed by atoms with Gasteiger partial charge in [-0.2, -0.15) is 4.98 Å². The van der Waals surface area contributed by atoms with Crippen molar-refractivity contribution >= 4 is 11.9 Å². The predicted molar refractivity (Wildman–Crippen MR) is 96.8 cm³/mol. The van der Waals surface area contributed by atoms with Gasteiger partial charge < -0.3 is 19.9 Å². The normalized spacial score (nSPS) is 19.6. The summed E-state index contributed by atoms with van der Waals surface area (Å²) < 4.78 is 5.15. The fraction of sp³-hybridized carbons (Fsp3) is 0.722. The van der Waals surface area contributed by atoms with Crippen LogP contribution in [0.25, 0.3) is 0 Å². The van der Waals surface area contributed by atoms with Gasteiger partial charge in [0, 0.05) is 44.4 Å². The van der Waals surface area contributed by atoms with Crippen LogP contribution in [0.1, 0.15) is 32.1 Å². The van der Waals surface area contributed by atoms with Crippen LogP contribution in [0, 0.1) is 5.92 Å². The van der Waals surface area contributed by atoms with Gasteiger partial charge in [0.25, 0.3) is 0 Å². The molecule has 0 radical (unpaired) electrons. The fourth-order valence-electron chi connectivity index (χ4n) is 3.60. The van der Waals surface area contributed by atoms with E-state index in [1.54, 1.807) is 19.4 Å². The SMILES string of the molecule is COc1ccnc(N2CCC(C(=O)NCCN3CCCCC3)CC2)n1. The number of carbonyl (C=O) groups is 1. The van der Waals surface area contributed by atoms with Crippen molar-refractivity contribution in [2.24, 2.45) is 5.92 Å². The van der Waals surface area contributed by atoms with E-state index < -0.39 is 0 Å². The van der Waals surface area contributed by atoms with E-state index in [1.807, 2.05) is 0 Å². The second-order valence-electron chi connectivity index (χ2n) is 6.85. The van der Waals surface area contributed by atoms with Crippen molar-refractivity contribution in [1.29, 1.82) is 0 Å². The number of nitrogens with one attached hydrogen (secondary N) is 1. The van der Waals surface area contributed by atoms with Gasteiger partial charge in [-0.1, -0.05) is 6.42 Å². The molecule has 0 aliphatic carbocycles. The molecule has 2 aliphatic rings. The van der Waals surface area contributed by atoms with Crippen molar-refractivity contribution in [2.75, 3.05) is 51.3 Å². The lowest BCUT2D eigenvalue weighted by atomic mass is 9.96. The number of ether oxygens (including phenoxy) is 1. The standard InChI is InChI=1S/C18H29N5O2/c1-25-16-5-8-20-18(21-16)23-12-6-15(7-13-23)17(24)19-9-14-22-10-3-2-4-11-22/h5,8,15H,2-4,6-7,9-14H2,1H3,(H,19,24). The third-order valence-corrected chi connectivity index (χ3v) is 5.15. The number of carbonyl (C=O) groups excluding carboxylic acids is 1. The highest BCUT2D eigenvalue weighted by Crippen LogP contribution is 2.21. The van der Waals surface area contributed by atoms with Crippen LogP contribution in [0.15, 0.2) is 12.3 Å². The van der Waals surface area contributed by atoms with Crippen LogP contribution in [0.3, 0.4) is 0 Å². The van der Waals surface area contributed by atoms with Crippen molar-refractivity contribution in [3.8, 4) is 5.88 Å². The quantitative estimate of drug-likeness (QED) is 0.836. The number of likely N-dealkylation sites (tertiary alicyclic amines) is 1. The maximum atomic E-state index is 12.4. The molecular weight excluding hydrogens is 318 g/mol. The molecule has 138 valence electrons. The second-order valence-corrected chi connectivity index (χ2v) is 6.85. The van der Waals surface area contributed by atoms with Gasteiger partial charge >= 0.3 is 0 Å². The maximum absolute atomic E-state index is 12.4. The van der Waals surface area contributed by atoms with Gasteiger partial charge in [-0.3, -0.25) is 4.79 Å². The lowest BCUT2D eigenvalue weighted by Crippen LogP contribution is -2.43. The molecule has 0 bridgehead atoms. The average molecular weight is 347 g/mol. The molecule has 2 saturated heterocycles. The monoisotopic (exact) mass is 347 g/mol. The van der Waals surface area contributed by atoms with Crippen LogP contribution in [0.5, 0.6) is 5.88 Å². The molecule has 0 spiro atoms. The molecule has 25 heavy (non-hydrogen) atoms. The highest BCUT2D eigenvalue weighted by molar-refractivity contribution is 5.78. The Balaban J connectivity index is 1.39. The Labute approximate surface area is 149 Å². The molecule has 2 fully saturated rings. The maximum Gasteiger partial charge on any atom is 0.228 e. The third-order valence-electron chi connectivity index (χ3n) is 5.15. The van der Waals surface area contributed by atoms with Gasteiger partial charge in [0.15, 0.2) is 0 Å². The van der Waals surface area contributed by atoms with Gasteiger partial charge in [0.2, 0.25) is 17.7 Å². The molecule has 0 unspecified atom stereocenters. The number of hydrogen-bond donors (Lipinski definition) is 1. The fourth-order valence-corrected chi connectivity index (χ4v) is 3.60. The van der Waals surface area contributed by atoms with Gasteiger partial charge in [-0.05, 0) is 38.8 Å². The molecule has 0 atom stereocenters. The van der Waals surface area contributed by atoms with Crippen molar-refractivity contribution in [2.45, 2.75) is 32.1 Å². The summed E-state index contributed by atoms with van der Waals surface area (Å²) in [5.41, 5.74) is 0. The minimum absolute atomic E-state index is 0.100. The number of rotatable bonds is 6. The molecule has 3 heterocycles. The van der Waals surface area contributed by atoms with Crippen LogP contribution in [0.4, 0.5) is 5.95 Å². The van der Waals surface area contributed by atoms with Crippen LogP contribution in [-0.2, 0) is 4.79 Å². The van der Waals surface area contributed by atoms with E-state index in [4.69, 9.17) is 4.74 Å². The highest BCUT2D eigenvalue weighted by Gasteiger charge is 2.26. The van der Waals surface area contributed by atoms with Gasteiger partial charge in [-0.15, -0.1) is 0 Å². The van der Waals surface area contributed by atoms with E-state index in [2.05, 4.69) is 25.1 Å². The molecule has 7 nitrogen and oxygen atoms in total. The lowest BCUT2D eigenvalue weighted by Gasteiger charge is -2.31. The van der Waals surface area contributed by atoms with E-state index in [1.165, 1.54) is 32.4 Å². The molecule has 1 aromatic heterocycles. The van der Waals surface area contributed by atoms with Crippen LogP contribution >= 0.6 is 0 Å². The van der Waals surface area contributed by atoms with Crippen molar-refractivity contribution < 1.29 is 9.53 Å². The summed E-state index contributed by atoms with van der Waals surface area (Å²) in [6, 6.07) is 1.74. The Kier molecular flexibility index (Phi) is 6.44. The van der Waals surface area contributed by atoms with Crippen molar-refractivity contribution in [3.05, 3.63) is 12.3 Å². The minimum Gasteiger partial charge on any atom is -0.481 e. The van der Waals surface area contributed by atoms with E-state index >= 15 is 0 Å². The summed E-state index contributed by atoms with van der Waals surface area (Å²) in [4.78, 5) is 25.6. The van der Waals surface area contributed by atoms with Crippen LogP contribution < -0.4 is 15.0 Å². The lowest BCUT2D eigenvalue weighted by molar-refractivity contribution is -0.125. The number of hydrogen-bond acceptors (Lipinski definition) is 6. The summed E-state index contributed by atoms with van der Waals surface area (Å²) in [7, 11) is 1.60. The first-order chi connectivity index (χ1) is 12.3.